The second-order valence-electron chi connectivity index (χ2n) is 10.2. The van der Waals surface area contributed by atoms with E-state index in [4.69, 9.17) is 4.74 Å². The maximum Gasteiger partial charge on any atom is 0.326 e. The molecule has 0 bridgehead atoms. The molecule has 198 valence electrons. The van der Waals surface area contributed by atoms with E-state index in [9.17, 15) is 26.4 Å². The number of hydrogen-bond acceptors (Lipinski definition) is 7. The van der Waals surface area contributed by atoms with E-state index in [0.29, 0.717) is 18.4 Å². The van der Waals surface area contributed by atoms with E-state index in [1.807, 2.05) is 0 Å². The van der Waals surface area contributed by atoms with Crippen molar-refractivity contribution in [1.82, 2.24) is 9.62 Å². The summed E-state index contributed by atoms with van der Waals surface area (Å²) in [6, 6.07) is 6.94. The molecule has 0 aliphatic heterocycles. The molecule has 1 N–H and O–H groups in total. The normalized spacial score (nSPS) is 16.5. The minimum absolute atomic E-state index is 0.233. The Morgan fingerprint density at radius 1 is 1.06 bits per heavy atom. The highest BCUT2D eigenvalue weighted by molar-refractivity contribution is 7.90. The van der Waals surface area contributed by atoms with Crippen LogP contribution in [-0.4, -0.2) is 69.9 Å². The number of carbonyl (C=O) groups is 2. The van der Waals surface area contributed by atoms with Crippen LogP contribution in [0, 0.1) is 0 Å². The van der Waals surface area contributed by atoms with Gasteiger partial charge in [-0.2, -0.15) is 0 Å². The smallest absolute Gasteiger partial charge is 0.326 e. The third kappa shape index (κ3) is 11.1. The van der Waals surface area contributed by atoms with Gasteiger partial charge in [0.1, 0.15) is 28.0 Å². The summed E-state index contributed by atoms with van der Waals surface area (Å²) >= 11 is 0. The SMILES string of the molecule is CC(C)(C)OC(=O)CN(C(=O)C(CCS(C)(=O)=O)NS(=O)(=O)Cc1ccccc1)C1CCCCC1. The van der Waals surface area contributed by atoms with Crippen LogP contribution in [0.4, 0.5) is 0 Å². The lowest BCUT2D eigenvalue weighted by Gasteiger charge is -2.36. The topological polar surface area (TPSA) is 127 Å². The lowest BCUT2D eigenvalue weighted by molar-refractivity contribution is -0.160. The van der Waals surface area contributed by atoms with Gasteiger partial charge in [0.15, 0.2) is 0 Å². The molecular formula is C24H38N2O7S2. The highest BCUT2D eigenvalue weighted by Crippen LogP contribution is 2.24. The predicted octanol–water partition coefficient (Wildman–Crippen LogP) is 2.41. The number of nitrogens with one attached hydrogen (secondary N) is 1. The number of amides is 1. The van der Waals surface area contributed by atoms with Crippen molar-refractivity contribution in [3.63, 3.8) is 0 Å². The van der Waals surface area contributed by atoms with Crippen LogP contribution in [0.2, 0.25) is 0 Å². The van der Waals surface area contributed by atoms with Crippen LogP contribution in [0.15, 0.2) is 30.3 Å². The molecule has 1 aromatic rings. The average molecular weight is 531 g/mol. The van der Waals surface area contributed by atoms with Crippen LogP contribution in [0.3, 0.4) is 0 Å². The summed E-state index contributed by atoms with van der Waals surface area (Å²) in [5.41, 5.74) is -0.210. The summed E-state index contributed by atoms with van der Waals surface area (Å²) in [7, 11) is -7.44. The molecule has 1 aliphatic carbocycles. The minimum atomic E-state index is -3.98. The molecule has 1 aliphatic rings. The first-order valence-electron chi connectivity index (χ1n) is 11.9. The number of hydrogen-bond donors (Lipinski definition) is 1. The number of esters is 1. The number of rotatable bonds is 11. The van der Waals surface area contributed by atoms with Gasteiger partial charge in [0, 0.05) is 12.3 Å². The lowest BCUT2D eigenvalue weighted by atomic mass is 9.93. The molecule has 0 heterocycles. The van der Waals surface area contributed by atoms with Crippen LogP contribution in [0.5, 0.6) is 0 Å². The Morgan fingerprint density at radius 2 is 1.66 bits per heavy atom. The van der Waals surface area contributed by atoms with Crippen molar-refractivity contribution < 1.29 is 31.2 Å². The average Bonchev–Trinajstić information content (AvgIpc) is 2.73. The highest BCUT2D eigenvalue weighted by atomic mass is 32.2. The first-order valence-corrected chi connectivity index (χ1v) is 15.6. The van der Waals surface area contributed by atoms with Gasteiger partial charge in [0.2, 0.25) is 15.9 Å². The molecule has 9 nitrogen and oxygen atoms in total. The fourth-order valence-electron chi connectivity index (χ4n) is 4.11. The Morgan fingerprint density at radius 3 is 2.20 bits per heavy atom. The number of sulfonamides is 1. The van der Waals surface area contributed by atoms with Crippen LogP contribution in [0.25, 0.3) is 0 Å². The van der Waals surface area contributed by atoms with Crippen molar-refractivity contribution in [2.24, 2.45) is 0 Å². The molecule has 1 amide bonds. The van der Waals surface area contributed by atoms with Gasteiger partial charge in [0.05, 0.1) is 11.5 Å². The Bertz CT molecular complexity index is 1060. The third-order valence-electron chi connectivity index (χ3n) is 5.61. The fourth-order valence-corrected chi connectivity index (χ4v) is 6.14. The Kier molecular flexibility index (Phi) is 10.3. The van der Waals surface area contributed by atoms with Gasteiger partial charge in [-0.25, -0.2) is 21.6 Å². The van der Waals surface area contributed by atoms with Gasteiger partial charge < -0.3 is 9.64 Å². The molecule has 1 atom stereocenters. The second kappa shape index (κ2) is 12.3. The van der Waals surface area contributed by atoms with Gasteiger partial charge in [-0.05, 0) is 45.6 Å². The highest BCUT2D eigenvalue weighted by Gasteiger charge is 2.35. The maximum atomic E-state index is 13.7. The first kappa shape index (κ1) is 29.3. The Balaban J connectivity index is 2.31. The first-order chi connectivity index (χ1) is 16.2. The van der Waals surface area contributed by atoms with Crippen molar-refractivity contribution in [2.45, 2.75) is 82.7 Å². The van der Waals surface area contributed by atoms with Crippen molar-refractivity contribution in [2.75, 3.05) is 18.6 Å². The quantitative estimate of drug-likeness (QED) is 0.435. The molecule has 0 aromatic heterocycles. The summed E-state index contributed by atoms with van der Waals surface area (Å²) in [4.78, 5) is 27.7. The van der Waals surface area contributed by atoms with Crippen LogP contribution >= 0.6 is 0 Å². The summed E-state index contributed by atoms with van der Waals surface area (Å²) in [6.45, 7) is 4.86. The van der Waals surface area contributed by atoms with Gasteiger partial charge >= 0.3 is 5.97 Å². The largest absolute Gasteiger partial charge is 0.459 e. The number of carbonyl (C=O) groups excluding carboxylic acids is 2. The number of benzene rings is 1. The molecule has 1 fully saturated rings. The number of nitrogens with zero attached hydrogens (tertiary/aromatic N) is 1. The zero-order valence-electron chi connectivity index (χ0n) is 21.0. The molecule has 1 saturated carbocycles. The monoisotopic (exact) mass is 530 g/mol. The van der Waals surface area contributed by atoms with Crippen molar-refractivity contribution in [1.29, 1.82) is 0 Å². The van der Waals surface area contributed by atoms with E-state index >= 15 is 0 Å². The molecule has 11 heteroatoms. The van der Waals surface area contributed by atoms with Gasteiger partial charge in [0.25, 0.3) is 0 Å². The second-order valence-corrected chi connectivity index (χ2v) is 14.2. The van der Waals surface area contributed by atoms with E-state index in [1.54, 1.807) is 51.1 Å². The van der Waals surface area contributed by atoms with E-state index in [0.717, 1.165) is 25.5 Å². The molecule has 35 heavy (non-hydrogen) atoms. The predicted molar refractivity (Wildman–Crippen MR) is 135 cm³/mol. The van der Waals surface area contributed by atoms with Gasteiger partial charge in [-0.15, -0.1) is 0 Å². The fraction of sp³-hybridized carbons (Fsp3) is 0.667. The van der Waals surface area contributed by atoms with Gasteiger partial charge in [-0.3, -0.25) is 9.59 Å². The molecule has 1 aromatic carbocycles. The zero-order valence-corrected chi connectivity index (χ0v) is 22.7. The van der Waals surface area contributed by atoms with E-state index < -0.39 is 43.4 Å². The van der Waals surface area contributed by atoms with Crippen molar-refractivity contribution in [3.8, 4) is 0 Å². The zero-order chi connectivity index (χ0) is 26.3. The van der Waals surface area contributed by atoms with E-state index in [1.165, 1.54) is 4.90 Å². The molecule has 0 saturated heterocycles. The molecule has 1 unspecified atom stereocenters. The summed E-state index contributed by atoms with van der Waals surface area (Å²) < 4.78 is 57.4. The molecule has 0 radical (unpaired) electrons. The van der Waals surface area contributed by atoms with Gasteiger partial charge in [-0.1, -0.05) is 49.6 Å². The van der Waals surface area contributed by atoms with Crippen LogP contribution in [0.1, 0.15) is 64.9 Å². The molecule has 2 rings (SSSR count). The summed E-state index contributed by atoms with van der Waals surface area (Å²) in [6.07, 6.45) is 4.96. The molecule has 0 spiro atoms. The van der Waals surface area contributed by atoms with Crippen LogP contribution < -0.4 is 4.72 Å². The van der Waals surface area contributed by atoms with Crippen molar-refractivity contribution >= 4 is 31.7 Å². The maximum absolute atomic E-state index is 13.7. The third-order valence-corrected chi connectivity index (χ3v) is 7.95. The van der Waals surface area contributed by atoms with Crippen molar-refractivity contribution in [3.05, 3.63) is 35.9 Å². The Hall–Kier alpha value is -1.98. The summed E-state index contributed by atoms with van der Waals surface area (Å²) in [5, 5.41) is 0. The standard InChI is InChI=1S/C24H38N2O7S2/c1-24(2,3)33-22(27)17-26(20-13-9-6-10-14-20)23(28)21(15-16-34(4,29)30)25-35(31,32)18-19-11-7-5-8-12-19/h5,7-8,11-12,20-21,25H,6,9-10,13-18H2,1-4H3. The number of sulfone groups is 1. The van der Waals surface area contributed by atoms with E-state index in [2.05, 4.69) is 4.72 Å². The molecular weight excluding hydrogens is 492 g/mol. The van der Waals surface area contributed by atoms with Crippen LogP contribution in [-0.2, 0) is 39.9 Å². The summed E-state index contributed by atoms with van der Waals surface area (Å²) in [5.74, 6) is -1.93. The number of ether oxygens (including phenoxy) is 1. The lowest BCUT2D eigenvalue weighted by Crippen LogP contribution is -2.54. The minimum Gasteiger partial charge on any atom is -0.459 e. The van der Waals surface area contributed by atoms with E-state index in [-0.39, 0.29) is 30.5 Å². The Labute approximate surface area is 209 Å².